The van der Waals surface area contributed by atoms with Gasteiger partial charge in [-0.1, -0.05) is 23.4 Å². The molecule has 0 aliphatic carbocycles. The molecule has 2 aromatic heterocycles. The monoisotopic (exact) mass is 329 g/mol. The molecule has 1 saturated heterocycles. The first-order valence-electron chi connectivity index (χ1n) is 7.42. The number of thiophene rings is 1. The maximum Gasteiger partial charge on any atom is 0.227 e. The Bertz CT molecular complexity index is 815. The van der Waals surface area contributed by atoms with Crippen LogP contribution in [0.5, 0.6) is 0 Å². The molecule has 1 aliphatic heterocycles. The number of rotatable bonds is 3. The Balaban J connectivity index is 1.48. The van der Waals surface area contributed by atoms with E-state index in [0.29, 0.717) is 31.9 Å². The number of hydrogen-bond acceptors (Lipinski definition) is 6. The molecule has 3 heterocycles. The van der Waals surface area contributed by atoms with E-state index in [1.807, 2.05) is 17.0 Å². The number of carbonyl (C=O) groups is 1. The van der Waals surface area contributed by atoms with E-state index in [2.05, 4.69) is 27.7 Å². The molecule has 118 valence electrons. The minimum atomic E-state index is -0.314. The number of aromatic nitrogens is 2. The summed E-state index contributed by atoms with van der Waals surface area (Å²) in [4.78, 5) is 18.5. The van der Waals surface area contributed by atoms with Crippen LogP contribution in [0.25, 0.3) is 10.1 Å². The van der Waals surface area contributed by atoms with Gasteiger partial charge in [-0.2, -0.15) is 4.98 Å². The maximum absolute atomic E-state index is 12.6. The summed E-state index contributed by atoms with van der Waals surface area (Å²) in [5, 5.41) is 7.03. The topological polar surface area (TPSA) is 68.5 Å². The van der Waals surface area contributed by atoms with Crippen molar-refractivity contribution in [3.63, 3.8) is 0 Å². The average Bonchev–Trinajstić information content (AvgIpc) is 3.25. The lowest BCUT2D eigenvalue weighted by Crippen LogP contribution is -2.43. The summed E-state index contributed by atoms with van der Waals surface area (Å²) in [7, 11) is 0. The highest BCUT2D eigenvalue weighted by atomic mass is 32.1. The highest BCUT2D eigenvalue weighted by molar-refractivity contribution is 7.17. The lowest BCUT2D eigenvalue weighted by atomic mass is 10.1. The largest absolute Gasteiger partial charge is 0.366 e. The van der Waals surface area contributed by atoms with Gasteiger partial charge in [0.1, 0.15) is 6.10 Å². The molecule has 0 bridgehead atoms. The Hall–Kier alpha value is -2.25. The molecule has 3 aromatic rings. The van der Waals surface area contributed by atoms with Gasteiger partial charge in [-0.25, -0.2) is 0 Å². The van der Waals surface area contributed by atoms with Crippen LogP contribution in [-0.4, -0.2) is 40.6 Å². The lowest BCUT2D eigenvalue weighted by Gasteiger charge is -2.31. The zero-order valence-corrected chi connectivity index (χ0v) is 13.2. The van der Waals surface area contributed by atoms with Crippen molar-refractivity contribution < 1.29 is 14.1 Å². The molecule has 0 N–H and O–H groups in total. The molecule has 0 spiro atoms. The number of carbonyl (C=O) groups excluding carboxylic acids is 1. The maximum atomic E-state index is 12.6. The van der Waals surface area contributed by atoms with Gasteiger partial charge in [-0.05, 0) is 22.4 Å². The van der Waals surface area contributed by atoms with Crippen LogP contribution in [0.3, 0.4) is 0 Å². The summed E-state index contributed by atoms with van der Waals surface area (Å²) >= 11 is 1.67. The van der Waals surface area contributed by atoms with Crippen molar-refractivity contribution in [2.75, 3.05) is 19.7 Å². The van der Waals surface area contributed by atoms with Crippen LogP contribution >= 0.6 is 11.3 Å². The zero-order valence-electron chi connectivity index (χ0n) is 12.3. The number of morpholine rings is 1. The number of amides is 1. The molecule has 1 amide bonds. The van der Waals surface area contributed by atoms with Gasteiger partial charge < -0.3 is 14.2 Å². The highest BCUT2D eigenvalue weighted by Gasteiger charge is 2.28. The molecule has 23 heavy (non-hydrogen) atoms. The Labute approximate surface area is 136 Å². The smallest absolute Gasteiger partial charge is 0.227 e. The van der Waals surface area contributed by atoms with Crippen LogP contribution in [-0.2, 0) is 16.0 Å². The predicted octanol–water partition coefficient (Wildman–Crippen LogP) is 2.43. The van der Waals surface area contributed by atoms with Crippen LogP contribution < -0.4 is 0 Å². The van der Waals surface area contributed by atoms with E-state index in [1.165, 1.54) is 11.1 Å². The van der Waals surface area contributed by atoms with Crippen LogP contribution in [0.2, 0.25) is 0 Å². The van der Waals surface area contributed by atoms with Crippen LogP contribution in [0.4, 0.5) is 0 Å². The highest BCUT2D eigenvalue weighted by Crippen LogP contribution is 2.27. The summed E-state index contributed by atoms with van der Waals surface area (Å²) in [6.45, 7) is 1.53. The van der Waals surface area contributed by atoms with Crippen LogP contribution in [0.1, 0.15) is 17.5 Å². The fourth-order valence-electron chi connectivity index (χ4n) is 2.80. The molecule has 1 atom stereocenters. The van der Waals surface area contributed by atoms with E-state index in [0.717, 1.165) is 10.9 Å². The van der Waals surface area contributed by atoms with Gasteiger partial charge in [0.15, 0.2) is 0 Å². The molecular weight excluding hydrogens is 314 g/mol. The Morgan fingerprint density at radius 2 is 2.30 bits per heavy atom. The van der Waals surface area contributed by atoms with Crippen LogP contribution in [0.15, 0.2) is 40.6 Å². The van der Waals surface area contributed by atoms with Crippen molar-refractivity contribution in [1.82, 2.24) is 15.0 Å². The van der Waals surface area contributed by atoms with Crippen LogP contribution in [0, 0.1) is 0 Å². The summed E-state index contributed by atoms with van der Waals surface area (Å²) in [5.74, 6) is 0.592. The number of nitrogens with zero attached hydrogens (tertiary/aromatic N) is 3. The SMILES string of the molecule is O=C(Cc1csc2ccccc12)N1CCOC(c2ncon2)C1. The van der Waals surface area contributed by atoms with E-state index < -0.39 is 0 Å². The van der Waals surface area contributed by atoms with E-state index in [-0.39, 0.29) is 12.0 Å². The van der Waals surface area contributed by atoms with Crippen molar-refractivity contribution in [2.24, 2.45) is 0 Å². The van der Waals surface area contributed by atoms with E-state index in [9.17, 15) is 4.79 Å². The van der Waals surface area contributed by atoms with Gasteiger partial charge in [0, 0.05) is 11.2 Å². The summed E-state index contributed by atoms with van der Waals surface area (Å²) in [6, 6.07) is 8.16. The fraction of sp³-hybridized carbons (Fsp3) is 0.312. The number of ether oxygens (including phenoxy) is 1. The number of benzene rings is 1. The molecule has 4 rings (SSSR count). The van der Waals surface area contributed by atoms with Crippen molar-refractivity contribution in [1.29, 1.82) is 0 Å². The fourth-order valence-corrected chi connectivity index (χ4v) is 3.76. The first-order valence-corrected chi connectivity index (χ1v) is 8.30. The van der Waals surface area contributed by atoms with Crippen molar-refractivity contribution in [2.45, 2.75) is 12.5 Å². The number of hydrogen-bond donors (Lipinski definition) is 0. The lowest BCUT2D eigenvalue weighted by molar-refractivity contribution is -0.138. The van der Waals surface area contributed by atoms with Gasteiger partial charge in [0.2, 0.25) is 18.1 Å². The van der Waals surface area contributed by atoms with Gasteiger partial charge in [-0.15, -0.1) is 11.3 Å². The van der Waals surface area contributed by atoms with Gasteiger partial charge in [0.05, 0.1) is 19.6 Å². The third-order valence-corrected chi connectivity index (χ3v) is 5.00. The van der Waals surface area contributed by atoms with Crippen molar-refractivity contribution in [3.8, 4) is 0 Å². The van der Waals surface area contributed by atoms with E-state index in [1.54, 1.807) is 11.3 Å². The predicted molar refractivity (Wildman–Crippen MR) is 85.1 cm³/mol. The number of fused-ring (bicyclic) bond motifs is 1. The standard InChI is InChI=1S/C16H15N3O3S/c20-15(7-11-9-23-14-4-2-1-3-12(11)14)19-5-6-21-13(8-19)16-17-10-22-18-16/h1-4,9-10,13H,5-8H2. The van der Waals surface area contributed by atoms with Crippen molar-refractivity contribution >= 4 is 27.3 Å². The molecule has 0 saturated carbocycles. The van der Waals surface area contributed by atoms with E-state index >= 15 is 0 Å². The molecular formula is C16H15N3O3S. The second-order valence-corrected chi connectivity index (χ2v) is 6.33. The molecule has 1 unspecified atom stereocenters. The first kappa shape index (κ1) is 14.3. The van der Waals surface area contributed by atoms with Gasteiger partial charge >= 0.3 is 0 Å². The average molecular weight is 329 g/mol. The summed E-state index contributed by atoms with van der Waals surface area (Å²) in [6.07, 6.45) is 1.37. The molecule has 6 nitrogen and oxygen atoms in total. The zero-order chi connectivity index (χ0) is 15.6. The molecule has 1 aliphatic rings. The van der Waals surface area contributed by atoms with Gasteiger partial charge in [0.25, 0.3) is 0 Å². The second kappa shape index (κ2) is 6.10. The third-order valence-electron chi connectivity index (χ3n) is 3.99. The molecule has 0 radical (unpaired) electrons. The third kappa shape index (κ3) is 2.85. The van der Waals surface area contributed by atoms with E-state index in [4.69, 9.17) is 9.26 Å². The molecule has 1 aromatic carbocycles. The first-order chi connectivity index (χ1) is 11.3. The second-order valence-electron chi connectivity index (χ2n) is 5.42. The quantitative estimate of drug-likeness (QED) is 0.738. The Morgan fingerprint density at radius 3 is 3.17 bits per heavy atom. The summed E-state index contributed by atoms with van der Waals surface area (Å²) in [5.41, 5.74) is 1.08. The normalized spacial score (nSPS) is 18.4. The Morgan fingerprint density at radius 1 is 1.39 bits per heavy atom. The minimum Gasteiger partial charge on any atom is -0.366 e. The van der Waals surface area contributed by atoms with Crippen molar-refractivity contribution in [3.05, 3.63) is 47.4 Å². The summed E-state index contributed by atoms with van der Waals surface area (Å²) < 4.78 is 11.6. The minimum absolute atomic E-state index is 0.102. The molecule has 1 fully saturated rings. The Kier molecular flexibility index (Phi) is 3.80. The molecule has 7 heteroatoms. The van der Waals surface area contributed by atoms with Gasteiger partial charge in [-0.3, -0.25) is 4.79 Å².